The molecule has 0 atom stereocenters. The molecule has 0 saturated carbocycles. The number of hydrogen-bond donors (Lipinski definition) is 1. The zero-order chi connectivity index (χ0) is 24.3. The van der Waals surface area contributed by atoms with E-state index in [0.29, 0.717) is 10.9 Å². The van der Waals surface area contributed by atoms with Crippen LogP contribution in [0.25, 0.3) is 11.0 Å². The molecule has 0 fully saturated rings. The minimum atomic E-state index is -4.67. The zero-order valence-electron chi connectivity index (χ0n) is 17.3. The Balaban J connectivity index is 1.73. The van der Waals surface area contributed by atoms with Crippen molar-refractivity contribution in [1.29, 1.82) is 0 Å². The van der Waals surface area contributed by atoms with Crippen molar-refractivity contribution >= 4 is 40.1 Å². The Kier molecular flexibility index (Phi) is 6.97. The van der Waals surface area contributed by atoms with Crippen LogP contribution in [0, 0.1) is 6.92 Å². The van der Waals surface area contributed by atoms with Crippen LogP contribution in [0.15, 0.2) is 45.6 Å². The molecule has 7 nitrogen and oxygen atoms in total. The molecule has 0 bridgehead atoms. The van der Waals surface area contributed by atoms with Crippen LogP contribution in [-0.4, -0.2) is 25.6 Å². The van der Waals surface area contributed by atoms with Crippen LogP contribution in [0.5, 0.6) is 5.75 Å². The fraction of sp³-hybridized carbons (Fsp3) is 0.227. The predicted octanol–water partition coefficient (Wildman–Crippen LogP) is 4.51. The SMILES string of the molecule is COC(=O)Cc1c(C)c2ccc(OCC(=O)Nc3ccc(Cl)c(C(F)(F)F)c3)cc2oc1=O. The molecule has 1 N–H and O–H groups in total. The summed E-state index contributed by atoms with van der Waals surface area (Å²) in [4.78, 5) is 35.9. The van der Waals surface area contributed by atoms with E-state index in [1.807, 2.05) is 0 Å². The van der Waals surface area contributed by atoms with Crippen LogP contribution in [0.2, 0.25) is 5.02 Å². The van der Waals surface area contributed by atoms with Crippen molar-refractivity contribution in [2.75, 3.05) is 19.0 Å². The number of amides is 1. The Bertz CT molecular complexity index is 1290. The van der Waals surface area contributed by atoms with Gasteiger partial charge in [0.05, 0.1) is 29.7 Å². The van der Waals surface area contributed by atoms with E-state index < -0.39 is 40.9 Å². The molecular formula is C22H17ClF3NO6. The van der Waals surface area contributed by atoms with Crippen LogP contribution < -0.4 is 15.7 Å². The summed E-state index contributed by atoms with van der Waals surface area (Å²) in [6, 6.07) is 7.49. The first-order chi connectivity index (χ1) is 15.5. The van der Waals surface area contributed by atoms with Crippen molar-refractivity contribution in [3.63, 3.8) is 0 Å². The van der Waals surface area contributed by atoms with Crippen LogP contribution in [0.4, 0.5) is 18.9 Å². The highest BCUT2D eigenvalue weighted by molar-refractivity contribution is 6.31. The molecule has 1 aromatic heterocycles. The number of anilines is 1. The molecule has 33 heavy (non-hydrogen) atoms. The predicted molar refractivity (Wildman–Crippen MR) is 114 cm³/mol. The average molecular weight is 484 g/mol. The third-order valence-electron chi connectivity index (χ3n) is 4.73. The quantitative estimate of drug-likeness (QED) is 0.409. The van der Waals surface area contributed by atoms with Gasteiger partial charge in [-0.15, -0.1) is 0 Å². The summed E-state index contributed by atoms with van der Waals surface area (Å²) in [5.74, 6) is -1.11. The van der Waals surface area contributed by atoms with Gasteiger partial charge in [-0.25, -0.2) is 4.79 Å². The number of esters is 1. The Morgan fingerprint density at radius 2 is 1.88 bits per heavy atom. The Labute approximate surface area is 190 Å². The highest BCUT2D eigenvalue weighted by atomic mass is 35.5. The Morgan fingerprint density at radius 3 is 2.55 bits per heavy atom. The minimum absolute atomic E-state index is 0.0985. The van der Waals surface area contributed by atoms with Crippen LogP contribution in [0.3, 0.4) is 0 Å². The van der Waals surface area contributed by atoms with Gasteiger partial charge < -0.3 is 19.2 Å². The van der Waals surface area contributed by atoms with E-state index >= 15 is 0 Å². The number of carbonyl (C=O) groups is 2. The summed E-state index contributed by atoms with van der Waals surface area (Å²) in [5, 5.41) is 2.37. The number of halogens is 4. The van der Waals surface area contributed by atoms with Crippen molar-refractivity contribution in [3.05, 3.63) is 68.5 Å². The van der Waals surface area contributed by atoms with E-state index in [1.54, 1.807) is 13.0 Å². The number of aryl methyl sites for hydroxylation is 1. The van der Waals surface area contributed by atoms with E-state index in [9.17, 15) is 27.6 Å². The van der Waals surface area contributed by atoms with Gasteiger partial charge >= 0.3 is 17.8 Å². The van der Waals surface area contributed by atoms with Crippen molar-refractivity contribution in [3.8, 4) is 5.75 Å². The largest absolute Gasteiger partial charge is 0.484 e. The molecule has 0 saturated heterocycles. The van der Waals surface area contributed by atoms with Gasteiger partial charge in [0.2, 0.25) is 0 Å². The number of methoxy groups -OCH3 is 1. The van der Waals surface area contributed by atoms with Crippen molar-refractivity contribution in [1.82, 2.24) is 0 Å². The summed E-state index contributed by atoms with van der Waals surface area (Å²) in [6.07, 6.45) is -4.90. The molecule has 0 aliphatic carbocycles. The number of carbonyl (C=O) groups excluding carboxylic acids is 2. The summed E-state index contributed by atoms with van der Waals surface area (Å²) in [7, 11) is 1.21. The first-order valence-electron chi connectivity index (χ1n) is 9.42. The van der Waals surface area contributed by atoms with E-state index in [2.05, 4.69) is 10.1 Å². The van der Waals surface area contributed by atoms with Crippen LogP contribution in [0.1, 0.15) is 16.7 Å². The molecule has 0 radical (unpaired) electrons. The number of alkyl halides is 3. The number of benzene rings is 2. The number of nitrogens with one attached hydrogen (secondary N) is 1. The minimum Gasteiger partial charge on any atom is -0.484 e. The molecule has 11 heteroatoms. The van der Waals surface area contributed by atoms with Crippen LogP contribution in [-0.2, 0) is 26.9 Å². The Morgan fingerprint density at radius 1 is 1.15 bits per heavy atom. The van der Waals surface area contributed by atoms with Gasteiger partial charge in [0, 0.05) is 17.1 Å². The topological polar surface area (TPSA) is 94.8 Å². The fourth-order valence-electron chi connectivity index (χ4n) is 3.05. The number of fused-ring (bicyclic) bond motifs is 1. The molecule has 0 spiro atoms. The van der Waals surface area contributed by atoms with E-state index in [1.165, 1.54) is 25.3 Å². The molecule has 174 valence electrons. The normalized spacial score (nSPS) is 11.3. The summed E-state index contributed by atoms with van der Waals surface area (Å²) < 4.78 is 54.1. The molecule has 2 aromatic carbocycles. The third-order valence-corrected chi connectivity index (χ3v) is 5.06. The molecule has 1 heterocycles. The molecule has 0 unspecified atom stereocenters. The molecule has 3 rings (SSSR count). The molecule has 3 aromatic rings. The highest BCUT2D eigenvalue weighted by Crippen LogP contribution is 2.36. The van der Waals surface area contributed by atoms with Gasteiger partial charge in [0.25, 0.3) is 5.91 Å². The number of ether oxygens (including phenoxy) is 2. The standard InChI is InChI=1S/C22H17ClF3NO6/c1-11-14-5-4-13(8-18(14)33-21(30)15(11)9-20(29)31-2)32-10-19(28)27-12-3-6-17(23)16(7-12)22(24,25)26/h3-8H,9-10H2,1-2H3,(H,27,28). The summed E-state index contributed by atoms with van der Waals surface area (Å²) >= 11 is 5.56. The first-order valence-corrected chi connectivity index (χ1v) is 9.80. The lowest BCUT2D eigenvalue weighted by molar-refractivity contribution is -0.140. The third kappa shape index (κ3) is 5.64. The van der Waals surface area contributed by atoms with Gasteiger partial charge in [-0.05, 0) is 42.8 Å². The van der Waals surface area contributed by atoms with Crippen molar-refractivity contribution < 1.29 is 36.7 Å². The van der Waals surface area contributed by atoms with Gasteiger partial charge in [-0.3, -0.25) is 9.59 Å². The lowest BCUT2D eigenvalue weighted by atomic mass is 10.0. The number of hydrogen-bond acceptors (Lipinski definition) is 6. The lowest BCUT2D eigenvalue weighted by Gasteiger charge is -2.12. The zero-order valence-corrected chi connectivity index (χ0v) is 18.1. The van der Waals surface area contributed by atoms with Gasteiger partial charge in [0.1, 0.15) is 11.3 Å². The maximum Gasteiger partial charge on any atom is 0.417 e. The molecule has 1 amide bonds. The van der Waals surface area contributed by atoms with Crippen molar-refractivity contribution in [2.24, 2.45) is 0 Å². The van der Waals surface area contributed by atoms with Gasteiger partial charge in [-0.1, -0.05) is 11.6 Å². The van der Waals surface area contributed by atoms with E-state index in [4.69, 9.17) is 20.8 Å². The van der Waals surface area contributed by atoms with Gasteiger partial charge in [0.15, 0.2) is 6.61 Å². The van der Waals surface area contributed by atoms with E-state index in [0.717, 1.165) is 12.1 Å². The van der Waals surface area contributed by atoms with Crippen molar-refractivity contribution in [2.45, 2.75) is 19.5 Å². The van der Waals surface area contributed by atoms with Crippen LogP contribution >= 0.6 is 11.6 Å². The maximum atomic E-state index is 12.9. The monoisotopic (exact) mass is 483 g/mol. The number of rotatable bonds is 6. The average Bonchev–Trinajstić information content (AvgIpc) is 2.75. The molecule has 0 aliphatic heterocycles. The summed E-state index contributed by atoms with van der Waals surface area (Å²) in [5.41, 5.74) is -0.990. The fourth-order valence-corrected chi connectivity index (χ4v) is 3.28. The highest BCUT2D eigenvalue weighted by Gasteiger charge is 2.33. The maximum absolute atomic E-state index is 12.9. The second-order valence-corrected chi connectivity index (χ2v) is 7.34. The smallest absolute Gasteiger partial charge is 0.417 e. The first kappa shape index (κ1) is 24.1. The van der Waals surface area contributed by atoms with Gasteiger partial charge in [-0.2, -0.15) is 13.2 Å². The second kappa shape index (κ2) is 9.53. The second-order valence-electron chi connectivity index (χ2n) is 6.93. The lowest BCUT2D eigenvalue weighted by Crippen LogP contribution is -2.20. The molecular weight excluding hydrogens is 467 g/mol. The van der Waals surface area contributed by atoms with E-state index in [-0.39, 0.29) is 29.0 Å². The summed E-state index contributed by atoms with van der Waals surface area (Å²) in [6.45, 7) is 1.14. The molecule has 0 aliphatic rings. The Hall–Kier alpha value is -3.53.